The quantitative estimate of drug-likeness (QED) is 0.557. The third-order valence-electron chi connectivity index (χ3n) is 2.04. The molecule has 0 atom stereocenters. The van der Waals surface area contributed by atoms with Crippen LogP contribution in [0.5, 0.6) is 0 Å². The van der Waals surface area contributed by atoms with E-state index in [9.17, 15) is 13.2 Å². The molecule has 0 aliphatic carbocycles. The van der Waals surface area contributed by atoms with Gasteiger partial charge in [0.05, 0.1) is 0 Å². The predicted octanol–water partition coefficient (Wildman–Crippen LogP) is 2.74. The highest BCUT2D eigenvalue weighted by atomic mass is 19.4. The summed E-state index contributed by atoms with van der Waals surface area (Å²) >= 11 is 0. The first-order valence-corrected chi connectivity index (χ1v) is 4.30. The minimum atomic E-state index is -4.61. The smallest absolute Gasteiger partial charge is 0.449 e. The van der Waals surface area contributed by atoms with Crippen LogP contribution in [0.1, 0.15) is 5.76 Å². The Morgan fingerprint density at radius 3 is 2.50 bits per heavy atom. The Balaban J connectivity index is 2.85. The zero-order chi connectivity index (χ0) is 11.8. The molecule has 0 saturated carbocycles. The first-order valence-electron chi connectivity index (χ1n) is 4.30. The molecule has 0 bridgehead atoms. The van der Waals surface area contributed by atoms with E-state index in [0.717, 1.165) is 0 Å². The molecule has 2 aromatic rings. The molecule has 84 valence electrons. The van der Waals surface area contributed by atoms with Crippen molar-refractivity contribution in [1.29, 1.82) is 0 Å². The van der Waals surface area contributed by atoms with Gasteiger partial charge in [0.1, 0.15) is 10.9 Å². The number of hydrogen-bond acceptors (Lipinski definition) is 3. The van der Waals surface area contributed by atoms with Crippen LogP contribution in [0.4, 0.5) is 13.2 Å². The summed E-state index contributed by atoms with van der Waals surface area (Å²) in [5.74, 6) is -1.20. The highest BCUT2D eigenvalue weighted by Crippen LogP contribution is 2.29. The van der Waals surface area contributed by atoms with E-state index in [1.807, 2.05) is 0 Å². The number of rotatable bonds is 0. The van der Waals surface area contributed by atoms with Crippen LogP contribution in [0.15, 0.2) is 39.9 Å². The Bertz CT molecular complexity index is 586. The molecule has 16 heavy (non-hydrogen) atoms. The van der Waals surface area contributed by atoms with Crippen molar-refractivity contribution >= 4 is 11.0 Å². The Morgan fingerprint density at radius 1 is 1.19 bits per heavy atom. The lowest BCUT2D eigenvalue weighted by Crippen LogP contribution is -2.11. The van der Waals surface area contributed by atoms with Crippen molar-refractivity contribution in [2.24, 2.45) is 5.16 Å². The number of para-hydroxylation sites is 1. The second-order valence-electron chi connectivity index (χ2n) is 3.09. The van der Waals surface area contributed by atoms with Gasteiger partial charge >= 0.3 is 6.18 Å². The molecule has 0 amide bonds. The standard InChI is InChI=1S/C10H6F3NO2/c11-10(12,13)9-5-7(14-15)6-3-1-2-4-8(6)16-9/h1-5,15H. The zero-order valence-corrected chi connectivity index (χ0v) is 7.82. The number of fused-ring (bicyclic) bond motifs is 1. The molecule has 0 fully saturated rings. The van der Waals surface area contributed by atoms with Gasteiger partial charge in [-0.25, -0.2) is 0 Å². The van der Waals surface area contributed by atoms with Crippen molar-refractivity contribution in [2.75, 3.05) is 0 Å². The van der Waals surface area contributed by atoms with Crippen molar-refractivity contribution in [3.63, 3.8) is 0 Å². The van der Waals surface area contributed by atoms with Crippen molar-refractivity contribution in [3.8, 4) is 0 Å². The van der Waals surface area contributed by atoms with E-state index in [2.05, 4.69) is 9.57 Å². The average Bonchev–Trinajstić information content (AvgIpc) is 2.26. The molecule has 1 aromatic heterocycles. The third-order valence-corrected chi connectivity index (χ3v) is 2.04. The van der Waals surface area contributed by atoms with Crippen LogP contribution in [-0.2, 0) is 6.18 Å². The van der Waals surface area contributed by atoms with E-state index >= 15 is 0 Å². The highest BCUT2D eigenvalue weighted by Gasteiger charge is 2.34. The van der Waals surface area contributed by atoms with Gasteiger partial charge in [0.15, 0.2) is 0 Å². The summed E-state index contributed by atoms with van der Waals surface area (Å²) in [6.45, 7) is 0. The summed E-state index contributed by atoms with van der Waals surface area (Å²) in [6.07, 6.45) is -4.61. The fraction of sp³-hybridized carbons (Fsp3) is 0.100. The molecule has 0 aliphatic heterocycles. The van der Waals surface area contributed by atoms with Crippen LogP contribution in [0, 0.1) is 0 Å². The normalized spacial score (nSPS) is 13.3. The van der Waals surface area contributed by atoms with Gasteiger partial charge in [0.2, 0.25) is 5.76 Å². The number of alkyl halides is 3. The summed E-state index contributed by atoms with van der Waals surface area (Å²) in [4.78, 5) is 0. The molecule has 1 N–H and O–H groups in total. The Hall–Kier alpha value is -1.98. The van der Waals surface area contributed by atoms with Gasteiger partial charge in [-0.3, -0.25) is 0 Å². The van der Waals surface area contributed by atoms with Crippen molar-refractivity contribution < 1.29 is 22.8 Å². The fourth-order valence-electron chi connectivity index (χ4n) is 1.34. The van der Waals surface area contributed by atoms with E-state index in [0.29, 0.717) is 11.5 Å². The van der Waals surface area contributed by atoms with Gasteiger partial charge < -0.3 is 9.62 Å². The molecule has 6 heteroatoms. The first-order chi connectivity index (χ1) is 7.52. The summed E-state index contributed by atoms with van der Waals surface area (Å²) in [5, 5.41) is 11.6. The van der Waals surface area contributed by atoms with E-state index in [4.69, 9.17) is 5.21 Å². The molecule has 0 unspecified atom stereocenters. The van der Waals surface area contributed by atoms with Gasteiger partial charge in [0.25, 0.3) is 0 Å². The Morgan fingerprint density at radius 2 is 1.88 bits per heavy atom. The van der Waals surface area contributed by atoms with E-state index in [1.54, 1.807) is 6.07 Å². The van der Waals surface area contributed by atoms with Gasteiger partial charge in [-0.2, -0.15) is 13.2 Å². The minimum absolute atomic E-state index is 0.0186. The maximum absolute atomic E-state index is 12.4. The highest BCUT2D eigenvalue weighted by molar-refractivity contribution is 5.75. The second-order valence-corrected chi connectivity index (χ2v) is 3.09. The fourth-order valence-corrected chi connectivity index (χ4v) is 1.34. The Kier molecular flexibility index (Phi) is 2.34. The zero-order valence-electron chi connectivity index (χ0n) is 7.82. The summed E-state index contributed by atoms with van der Waals surface area (Å²) in [7, 11) is 0. The minimum Gasteiger partial charge on any atom is -0.451 e. The molecule has 3 nitrogen and oxygen atoms in total. The lowest BCUT2D eigenvalue weighted by atomic mass is 10.2. The van der Waals surface area contributed by atoms with Crippen molar-refractivity contribution in [1.82, 2.24) is 0 Å². The molecular formula is C10H6F3NO2. The molecule has 1 aromatic carbocycles. The van der Waals surface area contributed by atoms with Crippen LogP contribution in [0.2, 0.25) is 0 Å². The van der Waals surface area contributed by atoms with Crippen molar-refractivity contribution in [3.05, 3.63) is 41.4 Å². The molecule has 1 heterocycles. The first kappa shape index (κ1) is 10.5. The largest absolute Gasteiger partial charge is 0.451 e. The van der Waals surface area contributed by atoms with Gasteiger partial charge in [0, 0.05) is 11.5 Å². The predicted molar refractivity (Wildman–Crippen MR) is 48.6 cm³/mol. The van der Waals surface area contributed by atoms with Gasteiger partial charge in [-0.05, 0) is 12.1 Å². The molecule has 0 saturated heterocycles. The monoisotopic (exact) mass is 229 g/mol. The van der Waals surface area contributed by atoms with Crippen LogP contribution in [0.3, 0.4) is 0 Å². The number of halogens is 3. The van der Waals surface area contributed by atoms with E-state index < -0.39 is 11.9 Å². The maximum atomic E-state index is 12.4. The molecule has 2 rings (SSSR count). The number of benzene rings is 1. The lowest BCUT2D eigenvalue weighted by molar-refractivity contribution is -0.152. The summed E-state index contributed by atoms with van der Waals surface area (Å²) < 4.78 is 41.9. The van der Waals surface area contributed by atoms with Crippen LogP contribution >= 0.6 is 0 Å². The maximum Gasteiger partial charge on any atom is 0.449 e. The van der Waals surface area contributed by atoms with Crippen LogP contribution in [-0.4, -0.2) is 5.21 Å². The third kappa shape index (κ3) is 1.73. The van der Waals surface area contributed by atoms with E-state index in [1.165, 1.54) is 18.2 Å². The Labute approximate surface area is 87.4 Å². The topological polar surface area (TPSA) is 45.7 Å². The molecule has 0 radical (unpaired) electrons. The van der Waals surface area contributed by atoms with Gasteiger partial charge in [-0.15, -0.1) is 0 Å². The molecule has 0 aliphatic rings. The lowest BCUT2D eigenvalue weighted by Gasteiger charge is -2.06. The van der Waals surface area contributed by atoms with Gasteiger partial charge in [-0.1, -0.05) is 17.3 Å². The number of hydrogen-bond donors (Lipinski definition) is 1. The van der Waals surface area contributed by atoms with E-state index in [-0.39, 0.29) is 10.9 Å². The SMILES string of the molecule is ON=c1cc(C(F)(F)F)oc2ccccc12. The number of nitrogens with zero attached hydrogens (tertiary/aromatic N) is 1. The summed E-state index contributed by atoms with van der Waals surface area (Å²) in [6, 6.07) is 6.68. The molecule has 0 spiro atoms. The van der Waals surface area contributed by atoms with Crippen LogP contribution < -0.4 is 5.36 Å². The van der Waals surface area contributed by atoms with Crippen molar-refractivity contribution in [2.45, 2.75) is 6.18 Å². The molecular weight excluding hydrogens is 223 g/mol. The summed E-state index contributed by atoms with van der Waals surface area (Å²) in [5.41, 5.74) is 0.0186. The second kappa shape index (κ2) is 3.55. The average molecular weight is 229 g/mol. The van der Waals surface area contributed by atoms with Crippen LogP contribution in [0.25, 0.3) is 11.0 Å².